The Morgan fingerprint density at radius 3 is 2.79 bits per heavy atom. The molecule has 0 aliphatic carbocycles. The Hall–Kier alpha value is -2.07. The number of methoxy groups -OCH3 is 1. The van der Waals surface area contributed by atoms with Gasteiger partial charge in [-0.25, -0.2) is 9.98 Å². The van der Waals surface area contributed by atoms with Crippen molar-refractivity contribution in [3.63, 3.8) is 0 Å². The second-order valence-electron chi connectivity index (χ2n) is 4.68. The van der Waals surface area contributed by atoms with E-state index in [1.165, 1.54) is 0 Å². The first-order chi connectivity index (χ1) is 11.2. The molecule has 2 heterocycles. The molecule has 0 radical (unpaired) electrons. The van der Waals surface area contributed by atoms with Gasteiger partial charge < -0.3 is 20.2 Å². The van der Waals surface area contributed by atoms with Crippen LogP contribution in [0.25, 0.3) is 10.8 Å². The molecule has 3 N–H and O–H groups in total. The van der Waals surface area contributed by atoms with Crippen molar-refractivity contribution in [1.82, 2.24) is 4.98 Å². The SMILES string of the molecule is COc1ccc(NC(N)=NCc2coc(-c3cccs3)n2)cc1.I. The predicted molar refractivity (Wildman–Crippen MR) is 107 cm³/mol. The Kier molecular flexibility index (Phi) is 6.62. The van der Waals surface area contributed by atoms with Crippen LogP contribution in [-0.2, 0) is 6.54 Å². The zero-order valence-corrected chi connectivity index (χ0v) is 16.1. The standard InChI is InChI=1S/C16H16N4O2S.HI/c1-21-13-6-4-11(5-7-13)20-16(17)18-9-12-10-22-15(19-12)14-3-2-8-23-14;/h2-8,10H,9H2,1H3,(H3,17,18,20);1H. The molecule has 0 atom stereocenters. The lowest BCUT2D eigenvalue weighted by Crippen LogP contribution is -2.22. The van der Waals surface area contributed by atoms with Gasteiger partial charge in [0.1, 0.15) is 17.7 Å². The fourth-order valence-electron chi connectivity index (χ4n) is 1.92. The van der Waals surface area contributed by atoms with Gasteiger partial charge in [0, 0.05) is 5.69 Å². The van der Waals surface area contributed by atoms with Gasteiger partial charge in [-0.15, -0.1) is 35.3 Å². The first kappa shape index (κ1) is 18.3. The van der Waals surface area contributed by atoms with Gasteiger partial charge in [-0.05, 0) is 35.7 Å². The number of halogens is 1. The van der Waals surface area contributed by atoms with Crippen molar-refractivity contribution < 1.29 is 9.15 Å². The number of nitrogens with one attached hydrogen (secondary N) is 1. The number of hydrogen-bond donors (Lipinski definition) is 2. The molecule has 3 aromatic rings. The van der Waals surface area contributed by atoms with Crippen LogP contribution >= 0.6 is 35.3 Å². The van der Waals surface area contributed by atoms with Crippen molar-refractivity contribution in [1.29, 1.82) is 0 Å². The summed E-state index contributed by atoms with van der Waals surface area (Å²) in [5.74, 6) is 1.71. The molecule has 24 heavy (non-hydrogen) atoms. The molecule has 0 amide bonds. The average Bonchev–Trinajstić information content (AvgIpc) is 3.25. The second kappa shape index (κ2) is 8.69. The highest BCUT2D eigenvalue weighted by atomic mass is 127. The topological polar surface area (TPSA) is 85.7 Å². The van der Waals surface area contributed by atoms with Crippen LogP contribution in [0.15, 0.2) is 57.5 Å². The maximum absolute atomic E-state index is 5.88. The smallest absolute Gasteiger partial charge is 0.236 e. The predicted octanol–water partition coefficient (Wildman–Crippen LogP) is 3.96. The number of ether oxygens (including phenoxy) is 1. The van der Waals surface area contributed by atoms with Crippen molar-refractivity contribution in [3.8, 4) is 16.5 Å². The fourth-order valence-corrected chi connectivity index (χ4v) is 2.58. The van der Waals surface area contributed by atoms with Gasteiger partial charge in [-0.1, -0.05) is 6.07 Å². The molecule has 0 bridgehead atoms. The molecule has 0 aliphatic heterocycles. The van der Waals surface area contributed by atoms with Gasteiger partial charge in [0.05, 0.1) is 18.5 Å². The fraction of sp³-hybridized carbons (Fsp3) is 0.125. The first-order valence-corrected chi connectivity index (χ1v) is 7.82. The molecule has 0 unspecified atom stereocenters. The average molecular weight is 456 g/mol. The number of thiophene rings is 1. The van der Waals surface area contributed by atoms with Crippen LogP contribution in [0, 0.1) is 0 Å². The molecule has 0 fully saturated rings. The molecule has 6 nitrogen and oxygen atoms in total. The summed E-state index contributed by atoms with van der Waals surface area (Å²) in [5, 5.41) is 4.99. The van der Waals surface area contributed by atoms with Crippen LogP contribution in [0.4, 0.5) is 5.69 Å². The summed E-state index contributed by atoms with van der Waals surface area (Å²) in [7, 11) is 1.63. The van der Waals surface area contributed by atoms with Crippen LogP contribution in [0.1, 0.15) is 5.69 Å². The minimum Gasteiger partial charge on any atom is -0.497 e. The Morgan fingerprint density at radius 1 is 1.33 bits per heavy atom. The normalized spacial score (nSPS) is 11.0. The highest BCUT2D eigenvalue weighted by molar-refractivity contribution is 14.0. The highest BCUT2D eigenvalue weighted by Crippen LogP contribution is 2.23. The van der Waals surface area contributed by atoms with Crippen LogP contribution in [0.3, 0.4) is 0 Å². The summed E-state index contributed by atoms with van der Waals surface area (Å²) in [6, 6.07) is 11.3. The summed E-state index contributed by atoms with van der Waals surface area (Å²) < 4.78 is 10.5. The van der Waals surface area contributed by atoms with Crippen LogP contribution in [-0.4, -0.2) is 18.1 Å². The summed E-state index contributed by atoms with van der Waals surface area (Å²) >= 11 is 1.58. The summed E-state index contributed by atoms with van der Waals surface area (Å²) in [4.78, 5) is 9.64. The van der Waals surface area contributed by atoms with Gasteiger partial charge in [0.15, 0.2) is 5.96 Å². The minimum atomic E-state index is 0. The maximum Gasteiger partial charge on any atom is 0.236 e. The number of oxazole rings is 1. The van der Waals surface area contributed by atoms with Crippen molar-refractivity contribution in [2.45, 2.75) is 6.54 Å². The third-order valence-corrected chi connectivity index (χ3v) is 3.92. The number of guanidine groups is 1. The molecular weight excluding hydrogens is 439 g/mol. The third-order valence-electron chi connectivity index (χ3n) is 3.06. The van der Waals surface area contributed by atoms with E-state index in [2.05, 4.69) is 15.3 Å². The van der Waals surface area contributed by atoms with E-state index >= 15 is 0 Å². The van der Waals surface area contributed by atoms with Crippen LogP contribution in [0.2, 0.25) is 0 Å². The third kappa shape index (κ3) is 4.71. The molecule has 2 aromatic heterocycles. The molecule has 0 saturated carbocycles. The first-order valence-electron chi connectivity index (χ1n) is 6.94. The number of nitrogens with two attached hydrogens (primary N) is 1. The van der Waals surface area contributed by atoms with Crippen LogP contribution < -0.4 is 15.8 Å². The number of aromatic nitrogens is 1. The van der Waals surface area contributed by atoms with E-state index in [0.717, 1.165) is 22.0 Å². The molecule has 1 aromatic carbocycles. The number of nitrogens with zero attached hydrogens (tertiary/aromatic N) is 2. The molecule has 0 aliphatic rings. The monoisotopic (exact) mass is 456 g/mol. The lowest BCUT2D eigenvalue weighted by Gasteiger charge is -2.06. The number of hydrogen-bond acceptors (Lipinski definition) is 5. The Balaban J connectivity index is 0.00000208. The molecular formula is C16H17IN4O2S. The number of rotatable bonds is 5. The van der Waals surface area contributed by atoms with E-state index in [-0.39, 0.29) is 24.0 Å². The zero-order valence-electron chi connectivity index (χ0n) is 12.9. The Bertz CT molecular complexity index is 785. The highest BCUT2D eigenvalue weighted by Gasteiger charge is 2.07. The van der Waals surface area contributed by atoms with Gasteiger partial charge >= 0.3 is 0 Å². The quantitative estimate of drug-likeness (QED) is 0.345. The van der Waals surface area contributed by atoms with E-state index in [0.29, 0.717) is 18.4 Å². The van der Waals surface area contributed by atoms with Crippen molar-refractivity contribution in [2.24, 2.45) is 10.7 Å². The van der Waals surface area contributed by atoms with E-state index in [1.807, 2.05) is 41.8 Å². The van der Waals surface area contributed by atoms with Crippen molar-refractivity contribution in [3.05, 3.63) is 53.7 Å². The van der Waals surface area contributed by atoms with Crippen molar-refractivity contribution >= 4 is 47.0 Å². The summed E-state index contributed by atoms with van der Waals surface area (Å²) in [5.41, 5.74) is 7.45. The van der Waals surface area contributed by atoms with Gasteiger partial charge in [-0.3, -0.25) is 0 Å². The minimum absolute atomic E-state index is 0. The number of anilines is 1. The van der Waals surface area contributed by atoms with E-state index in [1.54, 1.807) is 24.7 Å². The molecule has 0 spiro atoms. The van der Waals surface area contributed by atoms with Gasteiger partial charge in [0.25, 0.3) is 0 Å². The van der Waals surface area contributed by atoms with Crippen molar-refractivity contribution in [2.75, 3.05) is 12.4 Å². The van der Waals surface area contributed by atoms with E-state index in [9.17, 15) is 0 Å². The lowest BCUT2D eigenvalue weighted by molar-refractivity contribution is 0.415. The Morgan fingerprint density at radius 2 is 2.12 bits per heavy atom. The summed E-state index contributed by atoms with van der Waals surface area (Å²) in [6.45, 7) is 0.351. The molecule has 8 heteroatoms. The second-order valence-corrected chi connectivity index (χ2v) is 5.62. The maximum atomic E-state index is 5.88. The molecule has 0 saturated heterocycles. The molecule has 3 rings (SSSR count). The number of aliphatic imine (C=N–C) groups is 1. The lowest BCUT2D eigenvalue weighted by atomic mass is 10.3. The van der Waals surface area contributed by atoms with E-state index in [4.69, 9.17) is 14.9 Å². The largest absolute Gasteiger partial charge is 0.497 e. The summed E-state index contributed by atoms with van der Waals surface area (Å²) in [6.07, 6.45) is 1.60. The van der Waals surface area contributed by atoms with E-state index < -0.39 is 0 Å². The van der Waals surface area contributed by atoms with Gasteiger partial charge in [-0.2, -0.15) is 0 Å². The number of benzene rings is 1. The molecule has 126 valence electrons. The van der Waals surface area contributed by atoms with Crippen LogP contribution in [0.5, 0.6) is 5.75 Å². The zero-order chi connectivity index (χ0) is 16.1. The van der Waals surface area contributed by atoms with Gasteiger partial charge in [0.2, 0.25) is 5.89 Å². The Labute approximate surface area is 160 Å².